The van der Waals surface area contributed by atoms with Crippen molar-refractivity contribution in [2.75, 3.05) is 5.32 Å². The van der Waals surface area contributed by atoms with Crippen LogP contribution >= 0.6 is 0 Å². The Bertz CT molecular complexity index is 609. The van der Waals surface area contributed by atoms with Gasteiger partial charge in [0.15, 0.2) is 0 Å². The van der Waals surface area contributed by atoms with Crippen LogP contribution in [0.3, 0.4) is 0 Å². The predicted octanol–water partition coefficient (Wildman–Crippen LogP) is 1.77. The number of nitrogens with zero attached hydrogens (tertiary/aromatic N) is 2. The molecule has 0 aliphatic carbocycles. The van der Waals surface area contributed by atoms with Gasteiger partial charge in [-0.3, -0.25) is 9.89 Å². The number of carbonyl (C=O) groups is 1. The van der Waals surface area contributed by atoms with Crippen molar-refractivity contribution in [3.05, 3.63) is 47.2 Å². The highest BCUT2D eigenvalue weighted by Crippen LogP contribution is 2.10. The summed E-state index contributed by atoms with van der Waals surface area (Å²) in [5.74, 6) is 0.163. The van der Waals surface area contributed by atoms with Crippen LogP contribution in [-0.4, -0.2) is 16.1 Å². The zero-order valence-electron chi connectivity index (χ0n) is 9.90. The maximum Gasteiger partial charge on any atom is 0.229 e. The number of hydrogen-bond donors (Lipinski definition) is 2. The third-order valence-corrected chi connectivity index (χ3v) is 2.47. The number of rotatable bonds is 3. The number of hydrogen-bond acceptors (Lipinski definition) is 3. The van der Waals surface area contributed by atoms with E-state index in [0.717, 1.165) is 11.1 Å². The summed E-state index contributed by atoms with van der Waals surface area (Å²) < 4.78 is 0. The highest BCUT2D eigenvalue weighted by Gasteiger charge is 2.09. The number of benzene rings is 1. The first-order chi connectivity index (χ1) is 8.69. The van der Waals surface area contributed by atoms with E-state index in [1.54, 1.807) is 0 Å². The van der Waals surface area contributed by atoms with E-state index in [0.29, 0.717) is 11.4 Å². The lowest BCUT2D eigenvalue weighted by Crippen LogP contribution is -2.15. The van der Waals surface area contributed by atoms with Crippen molar-refractivity contribution in [3.8, 4) is 6.07 Å². The Morgan fingerprint density at radius 2 is 2.39 bits per heavy atom. The summed E-state index contributed by atoms with van der Waals surface area (Å²) in [7, 11) is 0. The first kappa shape index (κ1) is 11.9. The molecular weight excluding hydrogens is 228 g/mol. The van der Waals surface area contributed by atoms with Crippen LogP contribution in [0.2, 0.25) is 0 Å². The maximum absolute atomic E-state index is 11.8. The molecule has 0 radical (unpaired) electrons. The number of nitrogens with one attached hydrogen (secondary N) is 2. The molecule has 0 saturated carbocycles. The lowest BCUT2D eigenvalue weighted by molar-refractivity contribution is -0.115. The molecule has 0 aliphatic rings. The van der Waals surface area contributed by atoms with Crippen LogP contribution in [0.1, 0.15) is 16.7 Å². The molecule has 2 aromatic rings. The monoisotopic (exact) mass is 240 g/mol. The number of carbonyl (C=O) groups excluding carboxylic acids is 1. The van der Waals surface area contributed by atoms with Gasteiger partial charge >= 0.3 is 0 Å². The molecule has 2 N–H and O–H groups in total. The van der Waals surface area contributed by atoms with Crippen molar-refractivity contribution >= 4 is 11.7 Å². The Labute approximate surface area is 104 Å². The molecular formula is C13H12N4O. The van der Waals surface area contributed by atoms with Crippen LogP contribution in [0.25, 0.3) is 0 Å². The second kappa shape index (κ2) is 5.15. The van der Waals surface area contributed by atoms with Crippen LogP contribution in [0.4, 0.5) is 5.82 Å². The molecule has 1 aromatic carbocycles. The first-order valence-corrected chi connectivity index (χ1v) is 5.48. The zero-order chi connectivity index (χ0) is 13.0. The normalized spacial score (nSPS) is 9.78. The Kier molecular flexibility index (Phi) is 3.39. The number of H-pyrrole nitrogens is 1. The van der Waals surface area contributed by atoms with E-state index >= 15 is 0 Å². The zero-order valence-corrected chi connectivity index (χ0v) is 9.90. The summed E-state index contributed by atoms with van der Waals surface area (Å²) in [6.07, 6.45) is 1.65. The number of anilines is 1. The summed E-state index contributed by atoms with van der Waals surface area (Å²) in [5.41, 5.74) is 2.37. The van der Waals surface area contributed by atoms with Crippen LogP contribution in [0.5, 0.6) is 0 Å². The average Bonchev–Trinajstić information content (AvgIpc) is 2.76. The fraction of sp³-hybridized carbons (Fsp3) is 0.154. The van der Waals surface area contributed by atoms with Gasteiger partial charge in [-0.2, -0.15) is 10.4 Å². The Morgan fingerprint density at radius 1 is 1.56 bits per heavy atom. The van der Waals surface area contributed by atoms with Crippen molar-refractivity contribution in [1.82, 2.24) is 10.2 Å². The number of aromatic amines is 1. The van der Waals surface area contributed by atoms with E-state index < -0.39 is 0 Å². The smallest absolute Gasteiger partial charge is 0.229 e. The molecule has 0 unspecified atom stereocenters. The Balaban J connectivity index is 2.04. The van der Waals surface area contributed by atoms with Gasteiger partial charge in [0.05, 0.1) is 12.6 Å². The molecule has 5 nitrogen and oxygen atoms in total. The van der Waals surface area contributed by atoms with Crippen LogP contribution in [-0.2, 0) is 11.2 Å². The van der Waals surface area contributed by atoms with Crippen molar-refractivity contribution in [2.45, 2.75) is 13.3 Å². The fourth-order valence-corrected chi connectivity index (χ4v) is 1.66. The second-order valence-corrected chi connectivity index (χ2v) is 3.98. The second-order valence-electron chi connectivity index (χ2n) is 3.98. The molecule has 1 amide bonds. The van der Waals surface area contributed by atoms with Crippen LogP contribution < -0.4 is 5.32 Å². The van der Waals surface area contributed by atoms with Gasteiger partial charge in [0, 0.05) is 0 Å². The summed E-state index contributed by atoms with van der Waals surface area (Å²) in [5, 5.41) is 17.7. The highest BCUT2D eigenvalue weighted by molar-refractivity contribution is 5.92. The van der Waals surface area contributed by atoms with E-state index in [1.165, 1.54) is 6.20 Å². The minimum Gasteiger partial charge on any atom is -0.310 e. The lowest BCUT2D eigenvalue weighted by Gasteiger charge is -2.04. The average molecular weight is 240 g/mol. The van der Waals surface area contributed by atoms with Gasteiger partial charge in [0.25, 0.3) is 0 Å². The fourth-order valence-electron chi connectivity index (χ4n) is 1.66. The van der Waals surface area contributed by atoms with Crippen molar-refractivity contribution in [2.24, 2.45) is 0 Å². The van der Waals surface area contributed by atoms with E-state index in [1.807, 2.05) is 37.3 Å². The van der Waals surface area contributed by atoms with Crippen molar-refractivity contribution in [3.63, 3.8) is 0 Å². The molecule has 0 aliphatic heterocycles. The molecule has 1 aromatic heterocycles. The van der Waals surface area contributed by atoms with Gasteiger partial charge in [-0.05, 0) is 12.5 Å². The predicted molar refractivity (Wildman–Crippen MR) is 66.8 cm³/mol. The number of nitriles is 1. The first-order valence-electron chi connectivity index (χ1n) is 5.48. The van der Waals surface area contributed by atoms with Crippen LogP contribution in [0, 0.1) is 18.3 Å². The van der Waals surface area contributed by atoms with Gasteiger partial charge in [-0.15, -0.1) is 0 Å². The highest BCUT2D eigenvalue weighted by atomic mass is 16.1. The number of aromatic nitrogens is 2. The van der Waals surface area contributed by atoms with Gasteiger partial charge in [0.1, 0.15) is 17.5 Å². The van der Waals surface area contributed by atoms with Gasteiger partial charge in [0.2, 0.25) is 5.91 Å². The Hall–Kier alpha value is -2.61. The van der Waals surface area contributed by atoms with Gasteiger partial charge in [-0.1, -0.05) is 29.8 Å². The minimum atomic E-state index is -0.179. The maximum atomic E-state index is 11.8. The van der Waals surface area contributed by atoms with Gasteiger partial charge in [-0.25, -0.2) is 0 Å². The summed E-state index contributed by atoms with van der Waals surface area (Å²) in [6, 6.07) is 9.68. The quantitative estimate of drug-likeness (QED) is 0.857. The summed E-state index contributed by atoms with van der Waals surface area (Å²) in [4.78, 5) is 11.8. The molecule has 0 saturated heterocycles. The molecule has 0 fully saturated rings. The minimum absolute atomic E-state index is 0.179. The third kappa shape index (κ3) is 2.74. The molecule has 90 valence electrons. The molecule has 0 atom stereocenters. The molecule has 1 heterocycles. The number of aryl methyl sites for hydroxylation is 1. The molecule has 2 rings (SSSR count). The van der Waals surface area contributed by atoms with Crippen molar-refractivity contribution in [1.29, 1.82) is 5.26 Å². The molecule has 18 heavy (non-hydrogen) atoms. The Morgan fingerprint density at radius 3 is 3.11 bits per heavy atom. The van der Waals surface area contributed by atoms with Crippen LogP contribution in [0.15, 0.2) is 30.5 Å². The van der Waals surface area contributed by atoms with E-state index in [9.17, 15) is 4.79 Å². The lowest BCUT2D eigenvalue weighted by atomic mass is 10.1. The standard InChI is InChI=1S/C13H12N4O/c1-9-3-2-4-10(5-9)6-12(18)16-13-11(7-14)8-15-17-13/h2-5,8H,6H2,1H3,(H2,15,16,17,18). The molecule has 5 heteroatoms. The van der Waals surface area contributed by atoms with E-state index in [4.69, 9.17) is 5.26 Å². The van der Waals surface area contributed by atoms with Gasteiger partial charge < -0.3 is 5.32 Å². The molecule has 0 bridgehead atoms. The molecule has 0 spiro atoms. The third-order valence-electron chi connectivity index (χ3n) is 2.47. The van der Waals surface area contributed by atoms with Crippen molar-refractivity contribution < 1.29 is 4.79 Å². The summed E-state index contributed by atoms with van der Waals surface area (Å²) >= 11 is 0. The number of amides is 1. The van der Waals surface area contributed by atoms with E-state index in [-0.39, 0.29) is 12.3 Å². The largest absolute Gasteiger partial charge is 0.310 e. The summed E-state index contributed by atoms with van der Waals surface area (Å²) in [6.45, 7) is 1.98. The SMILES string of the molecule is Cc1cccc(CC(=O)Nc2[nH]ncc2C#N)c1. The topological polar surface area (TPSA) is 81.6 Å². The van der Waals surface area contributed by atoms with E-state index in [2.05, 4.69) is 15.5 Å².